The van der Waals surface area contributed by atoms with Crippen LogP contribution in [0.2, 0.25) is 0 Å². The van der Waals surface area contributed by atoms with Crippen LogP contribution in [-0.4, -0.2) is 14.1 Å². The van der Waals surface area contributed by atoms with Gasteiger partial charge in [0.15, 0.2) is 0 Å². The van der Waals surface area contributed by atoms with Crippen LogP contribution >= 0.6 is 0 Å². The number of rotatable bonds is 1. The summed E-state index contributed by atoms with van der Waals surface area (Å²) in [6.07, 6.45) is 0. The van der Waals surface area contributed by atoms with Gasteiger partial charge >= 0.3 is 0 Å². The topological polar surface area (TPSA) is 3.24 Å². The quantitative estimate of drug-likeness (QED) is 0.560. The van der Waals surface area contributed by atoms with E-state index in [0.29, 0.717) is 0 Å². The number of anilines is 1. The van der Waals surface area contributed by atoms with Crippen molar-refractivity contribution in [2.45, 2.75) is 0 Å². The molecule has 1 heteroatoms. The van der Waals surface area contributed by atoms with E-state index in [1.54, 1.807) is 0 Å². The third-order valence-electron chi connectivity index (χ3n) is 3.20. The molecule has 0 heterocycles. The Morgan fingerprint density at radius 1 is 0.647 bits per heavy atom. The van der Waals surface area contributed by atoms with E-state index < -0.39 is 0 Å². The molecule has 0 fully saturated rings. The highest BCUT2D eigenvalue weighted by Crippen LogP contribution is 2.25. The van der Waals surface area contributed by atoms with Crippen LogP contribution in [-0.2, 0) is 0 Å². The Balaban J connectivity index is 2.32. The van der Waals surface area contributed by atoms with Crippen molar-refractivity contribution in [1.82, 2.24) is 0 Å². The molecule has 0 aliphatic heterocycles. The van der Waals surface area contributed by atoms with E-state index in [1.165, 1.54) is 27.2 Å². The smallest absolute Gasteiger partial charge is 0.0367 e. The van der Waals surface area contributed by atoms with E-state index in [0.717, 1.165) is 0 Å². The number of nitrogens with zero attached hydrogens (tertiary/aromatic N) is 1. The molecule has 0 bridgehead atoms. The Hall–Kier alpha value is -2.02. The van der Waals surface area contributed by atoms with Crippen molar-refractivity contribution in [3.05, 3.63) is 54.6 Å². The maximum absolute atomic E-state index is 2.26. The molecule has 0 aliphatic rings. The van der Waals surface area contributed by atoms with Crippen LogP contribution in [0.3, 0.4) is 0 Å². The largest absolute Gasteiger partial charge is 0.378 e. The third-order valence-corrected chi connectivity index (χ3v) is 3.20. The molecule has 3 rings (SSSR count). The predicted molar refractivity (Wildman–Crippen MR) is 75.8 cm³/mol. The normalized spacial score (nSPS) is 10.9. The monoisotopic (exact) mass is 221 g/mol. The highest BCUT2D eigenvalue weighted by atomic mass is 15.1. The molecule has 1 nitrogen and oxygen atoms in total. The van der Waals surface area contributed by atoms with Crippen molar-refractivity contribution in [2.75, 3.05) is 19.0 Å². The molecule has 0 atom stereocenters. The highest BCUT2D eigenvalue weighted by molar-refractivity contribution is 5.99. The molecule has 0 saturated carbocycles. The second-order valence-electron chi connectivity index (χ2n) is 4.63. The van der Waals surface area contributed by atoms with Gasteiger partial charge in [0.1, 0.15) is 0 Å². The Morgan fingerprint density at radius 2 is 1.24 bits per heavy atom. The molecular weight excluding hydrogens is 206 g/mol. The van der Waals surface area contributed by atoms with Crippen molar-refractivity contribution >= 4 is 27.2 Å². The summed E-state index contributed by atoms with van der Waals surface area (Å²) in [5, 5.41) is 5.21. The van der Waals surface area contributed by atoms with Crippen molar-refractivity contribution < 1.29 is 0 Å². The van der Waals surface area contributed by atoms with Crippen molar-refractivity contribution in [1.29, 1.82) is 0 Å². The van der Waals surface area contributed by atoms with Gasteiger partial charge in [-0.25, -0.2) is 0 Å². The minimum atomic E-state index is 1.24. The van der Waals surface area contributed by atoms with Crippen LogP contribution in [0, 0.1) is 0 Å². The van der Waals surface area contributed by atoms with Crippen LogP contribution in [0.1, 0.15) is 0 Å². The maximum atomic E-state index is 2.26. The van der Waals surface area contributed by atoms with Crippen LogP contribution < -0.4 is 4.90 Å². The summed E-state index contributed by atoms with van der Waals surface area (Å²) in [5.41, 5.74) is 1.24. The molecule has 84 valence electrons. The summed E-state index contributed by atoms with van der Waals surface area (Å²) in [6.45, 7) is 0. The first kappa shape index (κ1) is 10.2. The lowest BCUT2D eigenvalue weighted by atomic mass is 10.0. The zero-order valence-electron chi connectivity index (χ0n) is 10.1. The zero-order chi connectivity index (χ0) is 11.8. The molecule has 0 N–H and O–H groups in total. The fraction of sp³-hybridized carbons (Fsp3) is 0.125. The SMILES string of the molecule is CN(C)c1ccc2cc3ccccc3cc2c1. The zero-order valence-corrected chi connectivity index (χ0v) is 10.1. The number of benzene rings is 3. The lowest BCUT2D eigenvalue weighted by Crippen LogP contribution is -2.07. The summed E-state index contributed by atoms with van der Waals surface area (Å²) < 4.78 is 0. The molecule has 0 unspecified atom stereocenters. The van der Waals surface area contributed by atoms with Crippen LogP contribution in [0.15, 0.2) is 54.6 Å². The molecule has 3 aromatic rings. The first-order chi connectivity index (χ1) is 8.24. The van der Waals surface area contributed by atoms with E-state index in [1.807, 2.05) is 0 Å². The molecule has 0 aromatic heterocycles. The van der Waals surface area contributed by atoms with Gasteiger partial charge < -0.3 is 4.90 Å². The maximum Gasteiger partial charge on any atom is 0.0367 e. The first-order valence-electron chi connectivity index (χ1n) is 5.84. The fourth-order valence-electron chi connectivity index (χ4n) is 2.21. The lowest BCUT2D eigenvalue weighted by molar-refractivity contribution is 1.14. The van der Waals surface area contributed by atoms with Gasteiger partial charge in [0, 0.05) is 19.8 Å². The number of hydrogen-bond donors (Lipinski definition) is 0. The van der Waals surface area contributed by atoms with E-state index >= 15 is 0 Å². The van der Waals surface area contributed by atoms with Gasteiger partial charge in [0.25, 0.3) is 0 Å². The highest BCUT2D eigenvalue weighted by Gasteiger charge is 2.00. The van der Waals surface area contributed by atoms with Crippen molar-refractivity contribution in [2.24, 2.45) is 0 Å². The van der Waals surface area contributed by atoms with Crippen LogP contribution in [0.4, 0.5) is 5.69 Å². The first-order valence-corrected chi connectivity index (χ1v) is 5.84. The summed E-state index contributed by atoms with van der Waals surface area (Å²) in [7, 11) is 4.14. The second kappa shape index (κ2) is 3.77. The summed E-state index contributed by atoms with van der Waals surface area (Å²) >= 11 is 0. The number of hydrogen-bond acceptors (Lipinski definition) is 1. The Kier molecular flexibility index (Phi) is 2.25. The molecule has 17 heavy (non-hydrogen) atoms. The standard InChI is InChI=1S/C16H15N/c1-17(2)16-8-7-14-9-12-5-3-4-6-13(12)10-15(14)11-16/h3-11H,1-2H3. The van der Waals surface area contributed by atoms with E-state index in [4.69, 9.17) is 0 Å². The van der Waals surface area contributed by atoms with Gasteiger partial charge in [0.05, 0.1) is 0 Å². The Morgan fingerprint density at radius 3 is 1.88 bits per heavy atom. The summed E-state index contributed by atoms with van der Waals surface area (Å²) in [6, 6.07) is 19.6. The van der Waals surface area contributed by atoms with E-state index in [-0.39, 0.29) is 0 Å². The summed E-state index contributed by atoms with van der Waals surface area (Å²) in [4.78, 5) is 2.13. The van der Waals surface area contributed by atoms with E-state index in [2.05, 4.69) is 73.6 Å². The van der Waals surface area contributed by atoms with Crippen LogP contribution in [0.5, 0.6) is 0 Å². The van der Waals surface area contributed by atoms with Crippen molar-refractivity contribution in [3.63, 3.8) is 0 Å². The molecule has 0 saturated heterocycles. The Labute approximate surface area is 101 Å². The molecule has 0 amide bonds. The minimum absolute atomic E-state index is 1.24. The summed E-state index contributed by atoms with van der Waals surface area (Å²) in [5.74, 6) is 0. The third kappa shape index (κ3) is 1.74. The molecule has 0 spiro atoms. The van der Waals surface area contributed by atoms with Crippen molar-refractivity contribution in [3.8, 4) is 0 Å². The van der Waals surface area contributed by atoms with Gasteiger partial charge in [-0.3, -0.25) is 0 Å². The van der Waals surface area contributed by atoms with Gasteiger partial charge in [-0.2, -0.15) is 0 Å². The second-order valence-corrected chi connectivity index (χ2v) is 4.63. The van der Waals surface area contributed by atoms with Gasteiger partial charge in [-0.15, -0.1) is 0 Å². The van der Waals surface area contributed by atoms with Gasteiger partial charge in [-0.1, -0.05) is 30.3 Å². The van der Waals surface area contributed by atoms with Gasteiger partial charge in [-0.05, 0) is 45.8 Å². The average Bonchev–Trinajstić information content (AvgIpc) is 2.35. The Bertz CT molecular complexity index is 683. The van der Waals surface area contributed by atoms with E-state index in [9.17, 15) is 0 Å². The molecular formula is C16H15N. The lowest BCUT2D eigenvalue weighted by Gasteiger charge is -2.13. The molecule has 0 radical (unpaired) electrons. The molecule has 0 aliphatic carbocycles. The molecule has 3 aromatic carbocycles. The number of fused-ring (bicyclic) bond motifs is 2. The average molecular weight is 221 g/mol. The fourth-order valence-corrected chi connectivity index (χ4v) is 2.21. The predicted octanol–water partition coefficient (Wildman–Crippen LogP) is 4.06. The minimum Gasteiger partial charge on any atom is -0.378 e. The van der Waals surface area contributed by atoms with Gasteiger partial charge in [0.2, 0.25) is 0 Å². The van der Waals surface area contributed by atoms with Crippen LogP contribution in [0.25, 0.3) is 21.5 Å².